The van der Waals surface area contributed by atoms with Crippen molar-refractivity contribution in [2.24, 2.45) is 0 Å². The Kier molecular flexibility index (Phi) is 3.57. The third kappa shape index (κ3) is 3.09. The summed E-state index contributed by atoms with van der Waals surface area (Å²) in [5.74, 6) is 0.209. The van der Waals surface area contributed by atoms with E-state index in [9.17, 15) is 8.42 Å². The van der Waals surface area contributed by atoms with E-state index in [0.29, 0.717) is 0 Å². The summed E-state index contributed by atoms with van der Waals surface area (Å²) in [6, 6.07) is 6.05. The van der Waals surface area contributed by atoms with Gasteiger partial charge in [0, 0.05) is 0 Å². The molecule has 0 saturated heterocycles. The Hall–Kier alpha value is -0.830. The van der Waals surface area contributed by atoms with E-state index in [0.717, 1.165) is 42.4 Å². The van der Waals surface area contributed by atoms with Gasteiger partial charge in [0.15, 0.2) is 9.84 Å². The first kappa shape index (κ1) is 12.6. The van der Waals surface area contributed by atoms with E-state index in [2.05, 4.69) is 6.07 Å². The van der Waals surface area contributed by atoms with E-state index < -0.39 is 9.84 Å². The van der Waals surface area contributed by atoms with Gasteiger partial charge in [0.1, 0.15) is 0 Å². The van der Waals surface area contributed by atoms with Gasteiger partial charge in [0.05, 0.1) is 11.0 Å². The molecule has 1 aromatic carbocycles. The Bertz CT molecular complexity index is 477. The Morgan fingerprint density at radius 3 is 2.12 bits per heavy atom. The molecule has 0 amide bonds. The number of hydrogen-bond acceptors (Lipinski definition) is 2. The molecule has 94 valence electrons. The Labute approximate surface area is 104 Å². The summed E-state index contributed by atoms with van der Waals surface area (Å²) in [7, 11) is -2.95. The molecule has 0 heterocycles. The molecule has 3 heteroatoms. The predicted octanol–water partition coefficient (Wildman–Crippen LogP) is 3.16. The lowest BCUT2D eigenvalue weighted by Gasteiger charge is -2.12. The van der Waals surface area contributed by atoms with Crippen molar-refractivity contribution in [1.29, 1.82) is 0 Å². The molecule has 2 nitrogen and oxygen atoms in total. The van der Waals surface area contributed by atoms with Gasteiger partial charge < -0.3 is 0 Å². The maximum Gasteiger partial charge on any atom is 0.157 e. The van der Waals surface area contributed by atoms with Gasteiger partial charge in [-0.2, -0.15) is 0 Å². The number of rotatable bonds is 3. The molecule has 0 aliphatic heterocycles. The Balaban J connectivity index is 2.19. The molecule has 2 rings (SSSR count). The first-order valence-corrected chi connectivity index (χ1v) is 7.98. The van der Waals surface area contributed by atoms with Crippen LogP contribution in [0, 0.1) is 13.8 Å². The van der Waals surface area contributed by atoms with Gasteiger partial charge >= 0.3 is 0 Å². The fourth-order valence-corrected chi connectivity index (χ4v) is 4.67. The molecule has 0 unspecified atom stereocenters. The van der Waals surface area contributed by atoms with Crippen molar-refractivity contribution in [2.75, 3.05) is 0 Å². The number of benzene rings is 1. The zero-order valence-corrected chi connectivity index (χ0v) is 11.4. The summed E-state index contributed by atoms with van der Waals surface area (Å²) in [4.78, 5) is 0. The maximum atomic E-state index is 12.2. The third-order valence-electron chi connectivity index (χ3n) is 3.46. The largest absolute Gasteiger partial charge is 0.228 e. The molecule has 0 N–H and O–H groups in total. The minimum atomic E-state index is -2.95. The summed E-state index contributed by atoms with van der Waals surface area (Å²) in [5, 5.41) is -0.0941. The zero-order chi connectivity index (χ0) is 12.5. The molecule has 0 bridgehead atoms. The van der Waals surface area contributed by atoms with E-state index >= 15 is 0 Å². The van der Waals surface area contributed by atoms with Crippen LogP contribution >= 0.6 is 0 Å². The SMILES string of the molecule is Cc1cc(C)cc(CS(=O)(=O)C2CCCC2)c1. The second kappa shape index (κ2) is 4.81. The van der Waals surface area contributed by atoms with Crippen LogP contribution in [0.4, 0.5) is 0 Å². The Morgan fingerprint density at radius 1 is 1.06 bits per heavy atom. The third-order valence-corrected chi connectivity index (χ3v) is 5.68. The number of aryl methyl sites for hydroxylation is 2. The van der Waals surface area contributed by atoms with Crippen LogP contribution in [0.1, 0.15) is 42.4 Å². The molecule has 0 radical (unpaired) electrons. The average molecular weight is 252 g/mol. The summed E-state index contributed by atoms with van der Waals surface area (Å²) in [6.45, 7) is 4.03. The van der Waals surface area contributed by atoms with Crippen LogP contribution in [0.5, 0.6) is 0 Å². The van der Waals surface area contributed by atoms with Gasteiger partial charge in [-0.25, -0.2) is 8.42 Å². The van der Waals surface area contributed by atoms with E-state index in [-0.39, 0.29) is 11.0 Å². The number of hydrogen-bond donors (Lipinski definition) is 0. The van der Waals surface area contributed by atoms with Crippen molar-refractivity contribution >= 4 is 9.84 Å². The summed E-state index contributed by atoms with van der Waals surface area (Å²) in [6.07, 6.45) is 3.84. The molecule has 1 aliphatic rings. The first-order chi connectivity index (χ1) is 7.97. The van der Waals surface area contributed by atoms with Crippen LogP contribution in [-0.2, 0) is 15.6 Å². The highest BCUT2D eigenvalue weighted by Crippen LogP contribution is 2.27. The molecule has 0 spiro atoms. The lowest BCUT2D eigenvalue weighted by molar-refractivity contribution is 0.579. The van der Waals surface area contributed by atoms with Crippen molar-refractivity contribution in [2.45, 2.75) is 50.5 Å². The van der Waals surface area contributed by atoms with Crippen molar-refractivity contribution in [3.05, 3.63) is 34.9 Å². The normalized spacial score (nSPS) is 17.5. The van der Waals surface area contributed by atoms with Crippen LogP contribution in [0.2, 0.25) is 0 Å². The van der Waals surface area contributed by atoms with E-state index in [1.54, 1.807) is 0 Å². The molecule has 1 saturated carbocycles. The lowest BCUT2D eigenvalue weighted by Crippen LogP contribution is -2.19. The first-order valence-electron chi connectivity index (χ1n) is 6.26. The van der Waals surface area contributed by atoms with Crippen LogP contribution in [0.25, 0.3) is 0 Å². The summed E-state index contributed by atoms with van der Waals surface area (Å²) < 4.78 is 24.4. The van der Waals surface area contributed by atoms with Crippen molar-refractivity contribution in [1.82, 2.24) is 0 Å². The topological polar surface area (TPSA) is 34.1 Å². The Morgan fingerprint density at radius 2 is 1.59 bits per heavy atom. The molecule has 1 aliphatic carbocycles. The monoisotopic (exact) mass is 252 g/mol. The van der Waals surface area contributed by atoms with Gasteiger partial charge in [-0.05, 0) is 32.3 Å². The highest BCUT2D eigenvalue weighted by molar-refractivity contribution is 7.91. The molecule has 0 atom stereocenters. The van der Waals surface area contributed by atoms with Gasteiger partial charge in [0.25, 0.3) is 0 Å². The van der Waals surface area contributed by atoms with Gasteiger partial charge in [-0.15, -0.1) is 0 Å². The quantitative estimate of drug-likeness (QED) is 0.828. The minimum absolute atomic E-state index is 0.0941. The predicted molar refractivity (Wildman–Crippen MR) is 70.8 cm³/mol. The van der Waals surface area contributed by atoms with Gasteiger partial charge in [-0.3, -0.25) is 0 Å². The van der Waals surface area contributed by atoms with E-state index in [1.807, 2.05) is 26.0 Å². The number of sulfone groups is 1. The van der Waals surface area contributed by atoms with Gasteiger partial charge in [0.2, 0.25) is 0 Å². The van der Waals surface area contributed by atoms with Gasteiger partial charge in [-0.1, -0.05) is 42.2 Å². The molecular weight excluding hydrogens is 232 g/mol. The highest BCUT2D eigenvalue weighted by atomic mass is 32.2. The molecule has 0 aromatic heterocycles. The second-order valence-electron chi connectivity index (χ2n) is 5.21. The average Bonchev–Trinajstić information content (AvgIpc) is 2.67. The fourth-order valence-electron chi connectivity index (χ4n) is 2.75. The second-order valence-corrected chi connectivity index (χ2v) is 7.49. The van der Waals surface area contributed by atoms with Crippen molar-refractivity contribution in [3.8, 4) is 0 Å². The minimum Gasteiger partial charge on any atom is -0.228 e. The maximum absolute atomic E-state index is 12.2. The van der Waals surface area contributed by atoms with Crippen molar-refractivity contribution < 1.29 is 8.42 Å². The molecule has 1 aromatic rings. The van der Waals surface area contributed by atoms with Crippen LogP contribution in [-0.4, -0.2) is 13.7 Å². The van der Waals surface area contributed by atoms with Crippen LogP contribution < -0.4 is 0 Å². The molecule has 17 heavy (non-hydrogen) atoms. The molecule has 1 fully saturated rings. The summed E-state index contributed by atoms with van der Waals surface area (Å²) >= 11 is 0. The zero-order valence-electron chi connectivity index (χ0n) is 10.6. The standard InChI is InChI=1S/C14H20O2S/c1-11-7-12(2)9-13(8-11)10-17(15,16)14-5-3-4-6-14/h7-9,14H,3-6,10H2,1-2H3. The van der Waals surface area contributed by atoms with E-state index in [4.69, 9.17) is 0 Å². The molecular formula is C14H20O2S. The fraction of sp³-hybridized carbons (Fsp3) is 0.571. The highest BCUT2D eigenvalue weighted by Gasteiger charge is 2.28. The van der Waals surface area contributed by atoms with E-state index in [1.165, 1.54) is 0 Å². The van der Waals surface area contributed by atoms with Crippen LogP contribution in [0.3, 0.4) is 0 Å². The smallest absolute Gasteiger partial charge is 0.157 e. The van der Waals surface area contributed by atoms with Crippen molar-refractivity contribution in [3.63, 3.8) is 0 Å². The summed E-state index contributed by atoms with van der Waals surface area (Å²) in [5.41, 5.74) is 3.22. The lowest BCUT2D eigenvalue weighted by atomic mass is 10.1. The van der Waals surface area contributed by atoms with Crippen LogP contribution in [0.15, 0.2) is 18.2 Å².